The Morgan fingerprint density at radius 3 is 2.92 bits per heavy atom. The van der Waals surface area contributed by atoms with E-state index in [4.69, 9.17) is 11.0 Å². The van der Waals surface area contributed by atoms with E-state index in [9.17, 15) is 9.90 Å². The van der Waals surface area contributed by atoms with Crippen LogP contribution in [-0.2, 0) is 0 Å². The number of nitrogens with zero attached hydrogens (tertiary/aromatic N) is 5. The van der Waals surface area contributed by atoms with Crippen molar-refractivity contribution in [3.63, 3.8) is 0 Å². The van der Waals surface area contributed by atoms with Crippen molar-refractivity contribution in [1.29, 1.82) is 5.26 Å². The van der Waals surface area contributed by atoms with Crippen LogP contribution in [-0.4, -0.2) is 63.1 Å². The lowest BCUT2D eigenvalue weighted by molar-refractivity contribution is 0.0669. The summed E-state index contributed by atoms with van der Waals surface area (Å²) in [5, 5.41) is 19.1. The average molecular weight is 327 g/mol. The molecule has 1 amide bonds. The Labute approximate surface area is 138 Å². The summed E-state index contributed by atoms with van der Waals surface area (Å²) in [6.07, 6.45) is 2.13. The average Bonchev–Trinajstić information content (AvgIpc) is 2.97. The van der Waals surface area contributed by atoms with E-state index in [2.05, 4.69) is 15.0 Å². The highest BCUT2D eigenvalue weighted by Crippen LogP contribution is 2.16. The first-order valence-corrected chi connectivity index (χ1v) is 7.45. The number of aliphatic hydroxyl groups excluding tert-OH is 1. The van der Waals surface area contributed by atoms with Crippen LogP contribution in [0.15, 0.2) is 24.7 Å². The number of anilines is 2. The number of nitrogen functional groups attached to an aromatic ring is 1. The summed E-state index contributed by atoms with van der Waals surface area (Å²) < 4.78 is 0. The highest BCUT2D eigenvalue weighted by Gasteiger charge is 2.26. The van der Waals surface area contributed by atoms with Crippen molar-refractivity contribution in [2.24, 2.45) is 0 Å². The van der Waals surface area contributed by atoms with Gasteiger partial charge in [0.05, 0.1) is 11.7 Å². The first-order valence-electron chi connectivity index (χ1n) is 7.45. The highest BCUT2D eigenvalue weighted by atomic mass is 16.3. The number of hydrogen-bond acceptors (Lipinski definition) is 7. The van der Waals surface area contributed by atoms with Gasteiger partial charge in [-0.05, 0) is 6.07 Å². The van der Waals surface area contributed by atoms with Crippen molar-refractivity contribution in [3.05, 3.63) is 35.9 Å². The van der Waals surface area contributed by atoms with Crippen LogP contribution in [0.4, 0.5) is 11.6 Å². The Morgan fingerprint density at radius 1 is 1.38 bits per heavy atom. The predicted octanol–water partition coefficient (Wildman–Crippen LogP) is -0.418. The lowest BCUT2D eigenvalue weighted by atomic mass is 10.2. The molecule has 1 aliphatic heterocycles. The number of aliphatic hydroxyl groups is 1. The summed E-state index contributed by atoms with van der Waals surface area (Å²) in [7, 11) is 0. The van der Waals surface area contributed by atoms with Crippen LogP contribution in [0.2, 0.25) is 0 Å². The number of hydrogen-bond donors (Lipinski definition) is 3. The van der Waals surface area contributed by atoms with Crippen molar-refractivity contribution in [2.45, 2.75) is 6.10 Å². The topological polar surface area (TPSA) is 135 Å². The quantitative estimate of drug-likeness (QED) is 0.681. The van der Waals surface area contributed by atoms with E-state index in [-0.39, 0.29) is 12.5 Å². The molecule has 2 aromatic rings. The maximum atomic E-state index is 12.5. The molecule has 0 unspecified atom stereocenters. The van der Waals surface area contributed by atoms with Crippen molar-refractivity contribution in [1.82, 2.24) is 19.9 Å². The molecule has 9 heteroatoms. The Kier molecular flexibility index (Phi) is 4.31. The molecule has 9 nitrogen and oxygen atoms in total. The van der Waals surface area contributed by atoms with E-state index in [1.165, 1.54) is 18.6 Å². The number of nitrogens with one attached hydrogen (secondary N) is 1. The molecule has 124 valence electrons. The van der Waals surface area contributed by atoms with E-state index in [1.54, 1.807) is 11.0 Å². The maximum Gasteiger partial charge on any atom is 0.270 e. The standard InChI is InChI=1S/C15H17N7O2/c16-5-10-3-12(18-6-10)15(24)22-2-1-21(7-11(23)8-22)14-4-13(17)19-9-20-14/h3-4,6,9,11,18,23H,1-2,7-8H2,(H2,17,19,20)/t11-/m0/s1. The lowest BCUT2D eigenvalue weighted by Gasteiger charge is -2.22. The molecule has 0 aliphatic carbocycles. The van der Waals surface area contributed by atoms with Crippen LogP contribution in [0.5, 0.6) is 0 Å². The summed E-state index contributed by atoms with van der Waals surface area (Å²) in [5.41, 5.74) is 6.40. The number of carbonyl (C=O) groups is 1. The van der Waals surface area contributed by atoms with Gasteiger partial charge in [-0.2, -0.15) is 5.26 Å². The third kappa shape index (κ3) is 3.28. The molecule has 1 aliphatic rings. The highest BCUT2D eigenvalue weighted by molar-refractivity contribution is 5.93. The van der Waals surface area contributed by atoms with Crippen LogP contribution < -0.4 is 10.6 Å². The van der Waals surface area contributed by atoms with Crippen LogP contribution in [0.3, 0.4) is 0 Å². The van der Waals surface area contributed by atoms with E-state index >= 15 is 0 Å². The fourth-order valence-electron chi connectivity index (χ4n) is 2.67. The zero-order valence-electron chi connectivity index (χ0n) is 12.9. The number of nitrogens with two attached hydrogens (primary N) is 1. The molecule has 0 bridgehead atoms. The van der Waals surface area contributed by atoms with Gasteiger partial charge in [0.1, 0.15) is 29.7 Å². The number of carbonyl (C=O) groups excluding carboxylic acids is 1. The molecule has 0 spiro atoms. The van der Waals surface area contributed by atoms with E-state index in [1.807, 2.05) is 11.0 Å². The van der Waals surface area contributed by atoms with Gasteiger partial charge in [-0.1, -0.05) is 0 Å². The number of H-pyrrole nitrogens is 1. The summed E-state index contributed by atoms with van der Waals surface area (Å²) in [5.74, 6) is 0.712. The van der Waals surface area contributed by atoms with Crippen LogP contribution >= 0.6 is 0 Å². The minimum absolute atomic E-state index is 0.205. The minimum atomic E-state index is -0.724. The molecule has 1 saturated heterocycles. The number of β-amino-alcohol motifs (C(OH)–C–C–N with tert-alkyl or cyclic N) is 1. The van der Waals surface area contributed by atoms with Crippen LogP contribution in [0.25, 0.3) is 0 Å². The minimum Gasteiger partial charge on any atom is -0.389 e. The number of amides is 1. The first kappa shape index (κ1) is 15.8. The smallest absolute Gasteiger partial charge is 0.270 e. The molecule has 1 fully saturated rings. The Bertz CT molecular complexity index is 782. The lowest BCUT2D eigenvalue weighted by Crippen LogP contribution is -2.37. The zero-order chi connectivity index (χ0) is 17.1. The Hall–Kier alpha value is -3.12. The Morgan fingerprint density at radius 2 is 2.21 bits per heavy atom. The summed E-state index contributed by atoms with van der Waals surface area (Å²) >= 11 is 0. The van der Waals surface area contributed by atoms with E-state index in [0.717, 1.165) is 0 Å². The predicted molar refractivity (Wildman–Crippen MR) is 86.1 cm³/mol. The monoisotopic (exact) mass is 327 g/mol. The molecule has 0 aromatic carbocycles. The second kappa shape index (κ2) is 6.55. The van der Waals surface area contributed by atoms with Crippen LogP contribution in [0, 0.1) is 11.3 Å². The molecule has 1 atom stereocenters. The zero-order valence-corrected chi connectivity index (χ0v) is 12.9. The van der Waals surface area contributed by atoms with Crippen molar-refractivity contribution in [2.75, 3.05) is 36.8 Å². The number of aromatic amines is 1. The van der Waals surface area contributed by atoms with Crippen molar-refractivity contribution < 1.29 is 9.90 Å². The molecule has 24 heavy (non-hydrogen) atoms. The number of rotatable bonds is 2. The largest absolute Gasteiger partial charge is 0.389 e. The molecule has 4 N–H and O–H groups in total. The molecule has 3 rings (SSSR count). The second-order valence-corrected chi connectivity index (χ2v) is 5.57. The second-order valence-electron chi connectivity index (χ2n) is 5.57. The van der Waals surface area contributed by atoms with Crippen molar-refractivity contribution in [3.8, 4) is 6.07 Å². The third-order valence-corrected chi connectivity index (χ3v) is 3.83. The number of aromatic nitrogens is 3. The molecule has 0 saturated carbocycles. The SMILES string of the molecule is N#Cc1c[nH]c(C(=O)N2CCN(c3cc(N)ncn3)C[C@H](O)C2)c1. The normalized spacial score (nSPS) is 18.1. The van der Waals surface area contributed by atoms with Gasteiger partial charge < -0.3 is 25.6 Å². The van der Waals surface area contributed by atoms with Crippen molar-refractivity contribution >= 4 is 17.5 Å². The fraction of sp³-hybridized carbons (Fsp3) is 0.333. The number of nitriles is 1. The summed E-state index contributed by atoms with van der Waals surface area (Å²) in [6.45, 7) is 1.47. The molecule has 2 aromatic heterocycles. The Balaban J connectivity index is 1.74. The molecule has 3 heterocycles. The molecule has 0 radical (unpaired) electrons. The fourth-order valence-corrected chi connectivity index (χ4v) is 2.67. The van der Waals surface area contributed by atoms with E-state index in [0.29, 0.717) is 42.5 Å². The van der Waals surface area contributed by atoms with Gasteiger partial charge in [0.2, 0.25) is 0 Å². The summed E-state index contributed by atoms with van der Waals surface area (Å²) in [4.78, 5) is 26.8. The summed E-state index contributed by atoms with van der Waals surface area (Å²) in [6, 6.07) is 5.11. The van der Waals surface area contributed by atoms with Gasteiger partial charge >= 0.3 is 0 Å². The van der Waals surface area contributed by atoms with Gasteiger partial charge in [-0.15, -0.1) is 0 Å². The van der Waals surface area contributed by atoms with Crippen LogP contribution in [0.1, 0.15) is 16.1 Å². The van der Waals surface area contributed by atoms with Gasteiger partial charge in [0.15, 0.2) is 0 Å². The first-order chi connectivity index (χ1) is 11.6. The van der Waals surface area contributed by atoms with Gasteiger partial charge in [0, 0.05) is 38.4 Å². The van der Waals surface area contributed by atoms with Gasteiger partial charge in [0.25, 0.3) is 5.91 Å². The maximum absolute atomic E-state index is 12.5. The molecular formula is C15H17N7O2. The molecular weight excluding hydrogens is 310 g/mol. The van der Waals surface area contributed by atoms with Gasteiger partial charge in [-0.3, -0.25) is 4.79 Å². The third-order valence-electron chi connectivity index (χ3n) is 3.83. The van der Waals surface area contributed by atoms with E-state index < -0.39 is 6.10 Å². The van der Waals surface area contributed by atoms with Gasteiger partial charge in [-0.25, -0.2) is 9.97 Å².